The lowest BCUT2D eigenvalue weighted by molar-refractivity contribution is 0.102. The van der Waals surface area contributed by atoms with Crippen molar-refractivity contribution in [3.8, 4) is 0 Å². The lowest BCUT2D eigenvalue weighted by Gasteiger charge is -2.26. The van der Waals surface area contributed by atoms with Crippen LogP contribution in [0.3, 0.4) is 0 Å². The first-order chi connectivity index (χ1) is 12.3. The average Bonchev–Trinajstić information content (AvgIpc) is 3.29. The van der Waals surface area contributed by atoms with Crippen LogP contribution >= 0.6 is 0 Å². The highest BCUT2D eigenvalue weighted by Crippen LogP contribution is 2.18. The second-order valence-corrected chi connectivity index (χ2v) is 6.60. The van der Waals surface area contributed by atoms with Crippen molar-refractivity contribution < 1.29 is 4.79 Å². The van der Waals surface area contributed by atoms with Crippen LogP contribution in [-0.2, 0) is 6.54 Å². The predicted octanol–water partition coefficient (Wildman–Crippen LogP) is 3.10. The van der Waals surface area contributed by atoms with Crippen molar-refractivity contribution >= 4 is 22.5 Å². The van der Waals surface area contributed by atoms with E-state index in [2.05, 4.69) is 20.3 Å². The molecule has 6 nitrogen and oxygen atoms in total. The summed E-state index contributed by atoms with van der Waals surface area (Å²) in [6, 6.07) is 7.67. The highest BCUT2D eigenvalue weighted by molar-refractivity contribution is 6.11. The number of H-pyrrole nitrogens is 1. The van der Waals surface area contributed by atoms with Gasteiger partial charge in [-0.3, -0.25) is 9.48 Å². The number of hydrogen-bond donors (Lipinski definition) is 2. The molecule has 1 aliphatic heterocycles. The second kappa shape index (κ2) is 7.11. The Morgan fingerprint density at radius 1 is 1.16 bits per heavy atom. The Kier molecular flexibility index (Phi) is 4.52. The van der Waals surface area contributed by atoms with E-state index in [4.69, 9.17) is 0 Å². The Hall–Kier alpha value is -2.60. The normalized spacial score (nSPS) is 15.5. The number of nitrogens with one attached hydrogen (secondary N) is 2. The molecule has 0 aliphatic carbocycles. The predicted molar refractivity (Wildman–Crippen MR) is 98.8 cm³/mol. The molecule has 3 aromatic rings. The summed E-state index contributed by atoms with van der Waals surface area (Å²) in [5, 5.41) is 8.34. The lowest BCUT2D eigenvalue weighted by atomic mass is 10.1. The van der Waals surface area contributed by atoms with Crippen LogP contribution in [0.25, 0.3) is 10.9 Å². The number of likely N-dealkylation sites (tertiary alicyclic amines) is 1. The van der Waals surface area contributed by atoms with Crippen molar-refractivity contribution in [3.05, 3.63) is 48.4 Å². The van der Waals surface area contributed by atoms with E-state index in [0.717, 1.165) is 29.7 Å². The number of piperidine rings is 1. The third-order valence-corrected chi connectivity index (χ3v) is 4.82. The third-order valence-electron chi connectivity index (χ3n) is 4.82. The van der Waals surface area contributed by atoms with Gasteiger partial charge in [0.2, 0.25) is 0 Å². The van der Waals surface area contributed by atoms with Crippen molar-refractivity contribution in [2.45, 2.75) is 25.8 Å². The number of aromatic amines is 1. The smallest absolute Gasteiger partial charge is 0.257 e. The van der Waals surface area contributed by atoms with Crippen LogP contribution < -0.4 is 5.32 Å². The summed E-state index contributed by atoms with van der Waals surface area (Å²) in [5.41, 5.74) is 2.23. The number of carbonyl (C=O) groups is 1. The molecule has 1 fully saturated rings. The summed E-state index contributed by atoms with van der Waals surface area (Å²) in [7, 11) is 0. The van der Waals surface area contributed by atoms with Gasteiger partial charge in [0.15, 0.2) is 0 Å². The van der Waals surface area contributed by atoms with Crippen LogP contribution in [0.5, 0.6) is 0 Å². The van der Waals surface area contributed by atoms with Gasteiger partial charge in [-0.15, -0.1) is 0 Å². The van der Waals surface area contributed by atoms with Crippen molar-refractivity contribution in [2.24, 2.45) is 0 Å². The maximum atomic E-state index is 12.6. The van der Waals surface area contributed by atoms with Gasteiger partial charge in [-0.05, 0) is 38.1 Å². The number of amides is 1. The first-order valence-electron chi connectivity index (χ1n) is 8.92. The molecule has 1 amide bonds. The van der Waals surface area contributed by atoms with E-state index in [1.165, 1.54) is 32.4 Å². The molecular formula is C19H23N5O. The number of nitrogens with zero attached hydrogens (tertiary/aromatic N) is 3. The maximum absolute atomic E-state index is 12.6. The molecule has 130 valence electrons. The topological polar surface area (TPSA) is 66.0 Å². The molecule has 25 heavy (non-hydrogen) atoms. The van der Waals surface area contributed by atoms with Crippen molar-refractivity contribution in [1.82, 2.24) is 19.7 Å². The second-order valence-electron chi connectivity index (χ2n) is 6.60. The Morgan fingerprint density at radius 2 is 2.04 bits per heavy atom. The zero-order valence-corrected chi connectivity index (χ0v) is 14.2. The van der Waals surface area contributed by atoms with Crippen LogP contribution in [0.1, 0.15) is 29.6 Å². The number of benzene rings is 1. The Labute approximate surface area is 146 Å². The fourth-order valence-electron chi connectivity index (χ4n) is 3.45. The van der Waals surface area contributed by atoms with E-state index in [1.807, 2.05) is 41.3 Å². The monoisotopic (exact) mass is 337 g/mol. The third kappa shape index (κ3) is 3.58. The zero-order valence-electron chi connectivity index (χ0n) is 14.2. The minimum absolute atomic E-state index is 0.122. The molecule has 1 aromatic carbocycles. The van der Waals surface area contributed by atoms with Gasteiger partial charge in [0.1, 0.15) is 0 Å². The summed E-state index contributed by atoms with van der Waals surface area (Å²) in [4.78, 5) is 18.2. The number of anilines is 1. The first kappa shape index (κ1) is 15.9. The molecule has 0 unspecified atom stereocenters. The Morgan fingerprint density at radius 3 is 2.92 bits per heavy atom. The SMILES string of the molecule is O=C(Nc1cnn(CCN2CCCCC2)c1)c1cccc2cc[nH]c12. The molecule has 0 atom stereocenters. The molecule has 0 bridgehead atoms. The Bertz CT molecular complexity index is 859. The largest absolute Gasteiger partial charge is 0.361 e. The highest BCUT2D eigenvalue weighted by Gasteiger charge is 2.13. The van der Waals surface area contributed by atoms with Gasteiger partial charge < -0.3 is 15.2 Å². The molecule has 0 saturated carbocycles. The van der Waals surface area contributed by atoms with Crippen LogP contribution in [0, 0.1) is 0 Å². The lowest BCUT2D eigenvalue weighted by Crippen LogP contribution is -2.32. The molecule has 1 saturated heterocycles. The number of carbonyl (C=O) groups excluding carboxylic acids is 1. The number of fused-ring (bicyclic) bond motifs is 1. The number of aromatic nitrogens is 3. The number of rotatable bonds is 5. The van der Waals surface area contributed by atoms with E-state index in [0.29, 0.717) is 5.56 Å². The van der Waals surface area contributed by atoms with Crippen LogP contribution in [0.4, 0.5) is 5.69 Å². The molecule has 0 spiro atoms. The molecule has 1 aliphatic rings. The van der Waals surface area contributed by atoms with Crippen molar-refractivity contribution in [1.29, 1.82) is 0 Å². The molecule has 0 radical (unpaired) electrons. The van der Waals surface area contributed by atoms with Crippen molar-refractivity contribution in [3.63, 3.8) is 0 Å². The highest BCUT2D eigenvalue weighted by atomic mass is 16.1. The summed E-state index contributed by atoms with van der Waals surface area (Å²) in [6.07, 6.45) is 9.40. The maximum Gasteiger partial charge on any atom is 0.257 e. The van der Waals surface area contributed by atoms with E-state index >= 15 is 0 Å². The average molecular weight is 337 g/mol. The quantitative estimate of drug-likeness (QED) is 0.752. The van der Waals surface area contributed by atoms with E-state index in [1.54, 1.807) is 6.20 Å². The Balaban J connectivity index is 1.39. The van der Waals surface area contributed by atoms with E-state index in [9.17, 15) is 4.79 Å². The van der Waals surface area contributed by atoms with E-state index < -0.39 is 0 Å². The zero-order chi connectivity index (χ0) is 17.1. The molecule has 2 aromatic heterocycles. The van der Waals surface area contributed by atoms with Gasteiger partial charge in [0, 0.05) is 24.3 Å². The molecular weight excluding hydrogens is 314 g/mol. The summed E-state index contributed by atoms with van der Waals surface area (Å²) in [5.74, 6) is -0.122. The summed E-state index contributed by atoms with van der Waals surface area (Å²) >= 11 is 0. The fourth-order valence-corrected chi connectivity index (χ4v) is 3.45. The summed E-state index contributed by atoms with van der Waals surface area (Å²) < 4.78 is 1.90. The van der Waals surface area contributed by atoms with Gasteiger partial charge in [0.25, 0.3) is 5.91 Å². The standard InChI is InChI=1S/C19H23N5O/c25-19(17-6-4-5-15-7-8-20-18(15)17)22-16-13-21-24(14-16)12-11-23-9-2-1-3-10-23/h4-8,13-14,20H,1-3,9-12H2,(H,22,25). The van der Waals surface area contributed by atoms with E-state index in [-0.39, 0.29) is 5.91 Å². The molecule has 2 N–H and O–H groups in total. The van der Waals surface area contributed by atoms with Crippen LogP contribution in [0.2, 0.25) is 0 Å². The van der Waals surface area contributed by atoms with Gasteiger partial charge in [-0.1, -0.05) is 18.6 Å². The fraction of sp³-hybridized carbons (Fsp3) is 0.368. The van der Waals surface area contributed by atoms with Crippen LogP contribution in [-0.4, -0.2) is 45.2 Å². The van der Waals surface area contributed by atoms with Gasteiger partial charge >= 0.3 is 0 Å². The first-order valence-corrected chi connectivity index (χ1v) is 8.92. The van der Waals surface area contributed by atoms with Gasteiger partial charge in [0.05, 0.1) is 29.5 Å². The summed E-state index contributed by atoms with van der Waals surface area (Å²) in [6.45, 7) is 4.23. The minimum atomic E-state index is -0.122. The molecule has 4 rings (SSSR count). The minimum Gasteiger partial charge on any atom is -0.361 e. The number of hydrogen-bond acceptors (Lipinski definition) is 3. The number of para-hydroxylation sites is 1. The molecule has 6 heteroatoms. The van der Waals surface area contributed by atoms with Crippen LogP contribution in [0.15, 0.2) is 42.9 Å². The van der Waals surface area contributed by atoms with Gasteiger partial charge in [-0.25, -0.2) is 0 Å². The molecule has 3 heterocycles. The van der Waals surface area contributed by atoms with Gasteiger partial charge in [-0.2, -0.15) is 5.10 Å². The van der Waals surface area contributed by atoms with Crippen molar-refractivity contribution in [2.75, 3.05) is 25.0 Å².